The van der Waals surface area contributed by atoms with E-state index in [2.05, 4.69) is 5.32 Å². The van der Waals surface area contributed by atoms with Crippen LogP contribution >= 0.6 is 11.8 Å². The number of rotatable bonds is 5. The first-order chi connectivity index (χ1) is 11.2. The average molecular weight is 368 g/mol. The molecule has 134 valence electrons. The van der Waals surface area contributed by atoms with Crippen LogP contribution in [0, 0.1) is 5.92 Å². The molecule has 1 amide bonds. The molecule has 0 spiro atoms. The second-order valence-electron chi connectivity index (χ2n) is 5.67. The molecular weight excluding hydrogens is 351 g/mol. The summed E-state index contributed by atoms with van der Waals surface area (Å²) in [7, 11) is 0. The van der Waals surface area contributed by atoms with Crippen molar-refractivity contribution in [1.29, 1.82) is 0 Å². The van der Waals surface area contributed by atoms with Crippen LogP contribution in [-0.2, 0) is 11.0 Å². The molecule has 1 aromatic rings. The molecule has 0 saturated heterocycles. The van der Waals surface area contributed by atoms with Gasteiger partial charge in [-0.05, 0) is 37.5 Å². The Bertz CT molecular complexity index is 594. The van der Waals surface area contributed by atoms with E-state index < -0.39 is 29.8 Å². The molecule has 3 nitrogen and oxygen atoms in total. The fourth-order valence-corrected chi connectivity index (χ4v) is 3.31. The second kappa shape index (κ2) is 7.69. The Morgan fingerprint density at radius 1 is 1.33 bits per heavy atom. The maximum atomic E-state index is 12.8. The molecule has 0 aliphatic heterocycles. The lowest BCUT2D eigenvalue weighted by Gasteiger charge is -2.16. The zero-order valence-electron chi connectivity index (χ0n) is 12.6. The van der Waals surface area contributed by atoms with Gasteiger partial charge in [0.15, 0.2) is 0 Å². The van der Waals surface area contributed by atoms with Gasteiger partial charge in [0, 0.05) is 16.9 Å². The van der Waals surface area contributed by atoms with E-state index in [4.69, 9.17) is 5.73 Å². The van der Waals surface area contributed by atoms with Crippen molar-refractivity contribution < 1.29 is 26.7 Å². The minimum Gasteiger partial charge on any atom is -0.328 e. The van der Waals surface area contributed by atoms with Crippen LogP contribution in [0.4, 0.5) is 27.6 Å². The molecule has 2 atom stereocenters. The Morgan fingerprint density at radius 3 is 2.58 bits per heavy atom. The lowest BCUT2D eigenvalue weighted by Crippen LogP contribution is -2.23. The van der Waals surface area contributed by atoms with Gasteiger partial charge in [-0.25, -0.2) is 8.78 Å². The van der Waals surface area contributed by atoms with E-state index in [1.807, 2.05) is 0 Å². The van der Waals surface area contributed by atoms with Crippen LogP contribution in [0.2, 0.25) is 0 Å². The summed E-state index contributed by atoms with van der Waals surface area (Å²) in [5.41, 5.74) is 4.69. The lowest BCUT2D eigenvalue weighted by molar-refractivity contribution is -0.137. The number of amides is 1. The summed E-state index contributed by atoms with van der Waals surface area (Å²) in [6.07, 6.45) is -5.49. The Kier molecular flexibility index (Phi) is 6.08. The van der Waals surface area contributed by atoms with Crippen molar-refractivity contribution in [2.45, 2.75) is 42.8 Å². The van der Waals surface area contributed by atoms with Gasteiger partial charge >= 0.3 is 6.18 Å². The SMILES string of the molecule is NC1CCC(C(=O)Nc2cc(C(F)(F)F)ccc2SCC(F)F)C1. The highest BCUT2D eigenvalue weighted by atomic mass is 32.2. The smallest absolute Gasteiger partial charge is 0.328 e. The van der Waals surface area contributed by atoms with Crippen molar-refractivity contribution in [2.75, 3.05) is 11.1 Å². The van der Waals surface area contributed by atoms with Crippen LogP contribution in [0.3, 0.4) is 0 Å². The maximum absolute atomic E-state index is 12.8. The number of benzene rings is 1. The molecule has 1 saturated carbocycles. The summed E-state index contributed by atoms with van der Waals surface area (Å²) >= 11 is 0.703. The second-order valence-corrected chi connectivity index (χ2v) is 6.73. The Hall–Kier alpha value is -1.35. The number of thioether (sulfide) groups is 1. The number of anilines is 1. The minimum atomic E-state index is -4.58. The Morgan fingerprint density at radius 2 is 2.04 bits per heavy atom. The number of carbonyl (C=O) groups excluding carboxylic acids is 1. The molecule has 2 unspecified atom stereocenters. The summed E-state index contributed by atoms with van der Waals surface area (Å²) in [4.78, 5) is 12.4. The molecule has 9 heteroatoms. The highest BCUT2D eigenvalue weighted by Crippen LogP contribution is 2.36. The van der Waals surface area contributed by atoms with E-state index in [9.17, 15) is 26.7 Å². The number of halogens is 5. The molecule has 24 heavy (non-hydrogen) atoms. The van der Waals surface area contributed by atoms with Crippen molar-refractivity contribution in [3.8, 4) is 0 Å². The van der Waals surface area contributed by atoms with Crippen LogP contribution in [0.15, 0.2) is 23.1 Å². The van der Waals surface area contributed by atoms with Crippen molar-refractivity contribution in [3.63, 3.8) is 0 Å². The van der Waals surface area contributed by atoms with Crippen molar-refractivity contribution in [1.82, 2.24) is 0 Å². The predicted molar refractivity (Wildman–Crippen MR) is 82.1 cm³/mol. The number of alkyl halides is 5. The average Bonchev–Trinajstić information content (AvgIpc) is 2.91. The number of nitrogens with one attached hydrogen (secondary N) is 1. The predicted octanol–water partition coefficient (Wildman–Crippen LogP) is 4.13. The summed E-state index contributed by atoms with van der Waals surface area (Å²) in [5, 5.41) is 2.45. The van der Waals surface area contributed by atoms with E-state index in [1.165, 1.54) is 0 Å². The Labute approximate surface area is 140 Å². The van der Waals surface area contributed by atoms with E-state index in [0.29, 0.717) is 31.0 Å². The zero-order valence-corrected chi connectivity index (χ0v) is 13.4. The lowest BCUT2D eigenvalue weighted by atomic mass is 10.1. The minimum absolute atomic E-state index is 0.0963. The van der Waals surface area contributed by atoms with E-state index in [1.54, 1.807) is 0 Å². The largest absolute Gasteiger partial charge is 0.416 e. The Balaban J connectivity index is 2.21. The molecular formula is C15H17F5N2OS. The molecule has 1 fully saturated rings. The summed E-state index contributed by atoms with van der Waals surface area (Å²) in [6, 6.07) is 2.59. The monoisotopic (exact) mass is 368 g/mol. The van der Waals surface area contributed by atoms with Gasteiger partial charge in [0.05, 0.1) is 17.0 Å². The van der Waals surface area contributed by atoms with Gasteiger partial charge in [-0.1, -0.05) is 0 Å². The van der Waals surface area contributed by atoms with Crippen LogP contribution < -0.4 is 11.1 Å². The molecule has 1 aromatic carbocycles. The summed E-state index contributed by atoms with van der Waals surface area (Å²) in [6.45, 7) is 0. The van der Waals surface area contributed by atoms with E-state index in [-0.39, 0.29) is 22.5 Å². The van der Waals surface area contributed by atoms with Crippen LogP contribution in [0.25, 0.3) is 0 Å². The van der Waals surface area contributed by atoms with Gasteiger partial charge in [0.1, 0.15) is 0 Å². The van der Waals surface area contributed by atoms with E-state index >= 15 is 0 Å². The zero-order chi connectivity index (χ0) is 17.9. The number of hydrogen-bond donors (Lipinski definition) is 2. The number of carbonyl (C=O) groups is 1. The molecule has 2 rings (SSSR count). The van der Waals surface area contributed by atoms with Gasteiger partial charge < -0.3 is 11.1 Å². The molecule has 0 aromatic heterocycles. The van der Waals surface area contributed by atoms with Gasteiger partial charge in [-0.15, -0.1) is 11.8 Å². The normalized spacial score (nSPS) is 21.3. The molecule has 0 heterocycles. The fourth-order valence-electron chi connectivity index (χ4n) is 2.57. The van der Waals surface area contributed by atoms with Gasteiger partial charge in [-0.3, -0.25) is 4.79 Å². The summed E-state index contributed by atoms with van der Waals surface area (Å²) in [5.74, 6) is -1.37. The highest BCUT2D eigenvalue weighted by molar-refractivity contribution is 7.99. The maximum Gasteiger partial charge on any atom is 0.416 e. The van der Waals surface area contributed by atoms with Crippen molar-refractivity contribution in [3.05, 3.63) is 23.8 Å². The summed E-state index contributed by atoms with van der Waals surface area (Å²) < 4.78 is 63.3. The first-order valence-corrected chi connectivity index (χ1v) is 8.34. The topological polar surface area (TPSA) is 55.1 Å². The van der Waals surface area contributed by atoms with Crippen LogP contribution in [0.1, 0.15) is 24.8 Å². The molecule has 0 radical (unpaired) electrons. The van der Waals surface area contributed by atoms with Crippen molar-refractivity contribution >= 4 is 23.4 Å². The quantitative estimate of drug-likeness (QED) is 0.607. The van der Waals surface area contributed by atoms with Crippen LogP contribution in [-0.4, -0.2) is 24.1 Å². The first kappa shape index (κ1) is 19.0. The molecule has 3 N–H and O–H groups in total. The number of nitrogens with two attached hydrogens (primary N) is 1. The van der Waals surface area contributed by atoms with Crippen molar-refractivity contribution in [2.24, 2.45) is 11.7 Å². The van der Waals surface area contributed by atoms with Gasteiger partial charge in [0.25, 0.3) is 0 Å². The number of hydrogen-bond acceptors (Lipinski definition) is 3. The molecule has 0 bridgehead atoms. The third-order valence-corrected chi connectivity index (χ3v) is 4.86. The fraction of sp³-hybridized carbons (Fsp3) is 0.533. The first-order valence-electron chi connectivity index (χ1n) is 7.35. The van der Waals surface area contributed by atoms with Gasteiger partial charge in [-0.2, -0.15) is 13.2 Å². The third kappa shape index (κ3) is 5.07. The highest BCUT2D eigenvalue weighted by Gasteiger charge is 2.32. The molecule has 1 aliphatic rings. The standard InChI is InChI=1S/C15H17F5N2OS/c16-13(17)7-24-12-4-2-9(15(18,19)20)6-11(12)22-14(23)8-1-3-10(21)5-8/h2,4,6,8,10,13H,1,3,5,7,21H2,(H,22,23). The van der Waals surface area contributed by atoms with Gasteiger partial charge in [0.2, 0.25) is 12.3 Å². The van der Waals surface area contributed by atoms with E-state index in [0.717, 1.165) is 18.2 Å². The molecule has 1 aliphatic carbocycles. The van der Waals surface area contributed by atoms with Crippen LogP contribution in [0.5, 0.6) is 0 Å². The third-order valence-electron chi connectivity index (χ3n) is 3.77.